The Morgan fingerprint density at radius 3 is 2.88 bits per heavy atom. The van der Waals surface area contributed by atoms with E-state index in [9.17, 15) is 4.79 Å². The molecule has 0 aromatic carbocycles. The van der Waals surface area contributed by atoms with E-state index in [0.717, 1.165) is 10.9 Å². The van der Waals surface area contributed by atoms with Crippen molar-refractivity contribution >= 4 is 28.8 Å². The number of thiophene rings is 1. The molecule has 0 spiro atoms. The van der Waals surface area contributed by atoms with Crippen LogP contribution < -0.4 is 11.3 Å². The van der Waals surface area contributed by atoms with Crippen molar-refractivity contribution < 1.29 is 4.79 Å². The van der Waals surface area contributed by atoms with Crippen LogP contribution in [0.2, 0.25) is 4.34 Å². The van der Waals surface area contributed by atoms with E-state index >= 15 is 0 Å². The van der Waals surface area contributed by atoms with E-state index in [4.69, 9.17) is 17.4 Å². The molecular formula is C10H16ClN3OS. The average molecular weight is 262 g/mol. The Balaban J connectivity index is 2.41. The molecule has 3 N–H and O–H groups in total. The molecule has 0 saturated carbocycles. The molecule has 1 heterocycles. The van der Waals surface area contributed by atoms with Crippen LogP contribution in [0.5, 0.6) is 0 Å². The number of carbonyl (C=O) groups is 1. The number of hydrogen-bond acceptors (Lipinski definition) is 4. The van der Waals surface area contributed by atoms with Crippen LogP contribution in [0.15, 0.2) is 12.1 Å². The molecule has 16 heavy (non-hydrogen) atoms. The Morgan fingerprint density at radius 1 is 1.69 bits per heavy atom. The molecular weight excluding hydrogens is 246 g/mol. The molecule has 1 aromatic heterocycles. The number of hydrazine groups is 1. The van der Waals surface area contributed by atoms with E-state index in [1.54, 1.807) is 11.3 Å². The Kier molecular flexibility index (Phi) is 5.21. The van der Waals surface area contributed by atoms with Crippen LogP contribution in [0.4, 0.5) is 0 Å². The van der Waals surface area contributed by atoms with E-state index in [2.05, 4.69) is 10.3 Å². The molecule has 90 valence electrons. The minimum absolute atomic E-state index is 0.120. The molecule has 0 aliphatic rings. The lowest BCUT2D eigenvalue weighted by atomic mass is 10.1. The SMILES string of the molecule is CC(CN(C)Cc1ccc(Cl)s1)C(=O)NN. The summed E-state index contributed by atoms with van der Waals surface area (Å²) in [6.07, 6.45) is 0. The van der Waals surface area contributed by atoms with E-state index in [0.29, 0.717) is 6.54 Å². The summed E-state index contributed by atoms with van der Waals surface area (Å²) in [5.41, 5.74) is 2.15. The molecule has 0 bridgehead atoms. The molecule has 0 saturated heterocycles. The van der Waals surface area contributed by atoms with Gasteiger partial charge in [-0.1, -0.05) is 18.5 Å². The van der Waals surface area contributed by atoms with Crippen LogP contribution in [0.3, 0.4) is 0 Å². The third-order valence-electron chi connectivity index (χ3n) is 2.23. The minimum atomic E-state index is -0.143. The summed E-state index contributed by atoms with van der Waals surface area (Å²) in [6.45, 7) is 3.30. The second-order valence-electron chi connectivity index (χ2n) is 3.81. The Bertz CT molecular complexity index is 356. The molecule has 1 atom stereocenters. The first-order chi connectivity index (χ1) is 7.52. The number of rotatable bonds is 5. The molecule has 6 heteroatoms. The molecule has 1 amide bonds. The lowest BCUT2D eigenvalue weighted by Crippen LogP contribution is -2.39. The van der Waals surface area contributed by atoms with Gasteiger partial charge in [-0.15, -0.1) is 11.3 Å². The first-order valence-electron chi connectivity index (χ1n) is 4.96. The van der Waals surface area contributed by atoms with Gasteiger partial charge in [0.2, 0.25) is 5.91 Å². The highest BCUT2D eigenvalue weighted by Crippen LogP contribution is 2.22. The predicted molar refractivity (Wildman–Crippen MR) is 67.2 cm³/mol. The zero-order valence-electron chi connectivity index (χ0n) is 9.37. The van der Waals surface area contributed by atoms with Gasteiger partial charge in [-0.2, -0.15) is 0 Å². The fraction of sp³-hybridized carbons (Fsp3) is 0.500. The Morgan fingerprint density at radius 2 is 2.38 bits per heavy atom. The number of halogens is 1. The predicted octanol–water partition coefficient (Wildman–Crippen LogP) is 1.46. The Hall–Kier alpha value is -0.620. The largest absolute Gasteiger partial charge is 0.301 e. The molecule has 1 aromatic rings. The minimum Gasteiger partial charge on any atom is -0.301 e. The van der Waals surface area contributed by atoms with Crippen molar-refractivity contribution in [3.8, 4) is 0 Å². The molecule has 1 unspecified atom stereocenters. The van der Waals surface area contributed by atoms with Crippen molar-refractivity contribution in [2.24, 2.45) is 11.8 Å². The number of nitrogens with zero attached hydrogens (tertiary/aromatic N) is 1. The maximum Gasteiger partial charge on any atom is 0.237 e. The normalized spacial score (nSPS) is 12.8. The van der Waals surface area contributed by atoms with Gasteiger partial charge in [0.05, 0.1) is 4.34 Å². The highest BCUT2D eigenvalue weighted by Gasteiger charge is 2.14. The molecule has 1 rings (SSSR count). The topological polar surface area (TPSA) is 58.4 Å². The fourth-order valence-corrected chi connectivity index (χ4v) is 2.63. The zero-order valence-corrected chi connectivity index (χ0v) is 10.9. The number of hydrogen-bond donors (Lipinski definition) is 2. The summed E-state index contributed by atoms with van der Waals surface area (Å²) < 4.78 is 0.788. The van der Waals surface area contributed by atoms with Gasteiger partial charge in [0.15, 0.2) is 0 Å². The van der Waals surface area contributed by atoms with Crippen molar-refractivity contribution in [1.82, 2.24) is 10.3 Å². The van der Waals surface area contributed by atoms with Crippen molar-refractivity contribution in [2.45, 2.75) is 13.5 Å². The maximum atomic E-state index is 11.2. The first-order valence-corrected chi connectivity index (χ1v) is 6.15. The highest BCUT2D eigenvalue weighted by atomic mass is 35.5. The Labute approximate surface area is 104 Å². The monoisotopic (exact) mass is 261 g/mol. The molecule has 0 aliphatic carbocycles. The van der Waals surface area contributed by atoms with Crippen molar-refractivity contribution in [3.05, 3.63) is 21.3 Å². The number of nitrogens with one attached hydrogen (secondary N) is 1. The van der Waals surface area contributed by atoms with Gasteiger partial charge in [-0.25, -0.2) is 5.84 Å². The summed E-state index contributed by atoms with van der Waals surface area (Å²) in [6, 6.07) is 3.88. The third-order valence-corrected chi connectivity index (χ3v) is 3.45. The van der Waals surface area contributed by atoms with Gasteiger partial charge < -0.3 is 4.90 Å². The molecule has 0 fully saturated rings. The van der Waals surface area contributed by atoms with Crippen LogP contribution >= 0.6 is 22.9 Å². The van der Waals surface area contributed by atoms with Crippen LogP contribution in [0, 0.1) is 5.92 Å². The quantitative estimate of drug-likeness (QED) is 0.479. The van der Waals surface area contributed by atoms with E-state index in [1.807, 2.05) is 26.1 Å². The maximum absolute atomic E-state index is 11.2. The molecule has 0 radical (unpaired) electrons. The second-order valence-corrected chi connectivity index (χ2v) is 5.61. The van der Waals surface area contributed by atoms with Crippen molar-refractivity contribution in [1.29, 1.82) is 0 Å². The second kappa shape index (κ2) is 6.20. The van der Waals surface area contributed by atoms with Gasteiger partial charge in [0.1, 0.15) is 0 Å². The standard InChI is InChI=1S/C10H16ClN3OS/c1-7(10(15)13-12)5-14(2)6-8-3-4-9(11)16-8/h3-4,7H,5-6,12H2,1-2H3,(H,13,15). The molecule has 0 aliphatic heterocycles. The number of amides is 1. The van der Waals surface area contributed by atoms with Gasteiger partial charge in [-0.3, -0.25) is 10.2 Å². The van der Waals surface area contributed by atoms with Crippen LogP contribution in [0.25, 0.3) is 0 Å². The lowest BCUT2D eigenvalue weighted by molar-refractivity contribution is -0.125. The summed E-state index contributed by atoms with van der Waals surface area (Å²) >= 11 is 7.40. The van der Waals surface area contributed by atoms with Crippen molar-refractivity contribution in [3.63, 3.8) is 0 Å². The van der Waals surface area contributed by atoms with Gasteiger partial charge in [0, 0.05) is 23.9 Å². The fourth-order valence-electron chi connectivity index (χ4n) is 1.46. The van der Waals surface area contributed by atoms with Crippen LogP contribution in [-0.4, -0.2) is 24.4 Å². The lowest BCUT2D eigenvalue weighted by Gasteiger charge is -2.19. The van der Waals surface area contributed by atoms with E-state index < -0.39 is 0 Å². The smallest absolute Gasteiger partial charge is 0.237 e. The summed E-state index contributed by atoms with van der Waals surface area (Å²) in [4.78, 5) is 14.5. The number of nitrogens with two attached hydrogens (primary N) is 1. The van der Waals surface area contributed by atoms with E-state index in [-0.39, 0.29) is 11.8 Å². The zero-order chi connectivity index (χ0) is 12.1. The summed E-state index contributed by atoms with van der Waals surface area (Å²) in [5, 5.41) is 0. The van der Waals surface area contributed by atoms with Crippen molar-refractivity contribution in [2.75, 3.05) is 13.6 Å². The summed E-state index contributed by atoms with van der Waals surface area (Å²) in [7, 11) is 1.97. The first kappa shape index (κ1) is 13.4. The summed E-state index contributed by atoms with van der Waals surface area (Å²) in [5.74, 6) is 4.81. The molecule has 4 nitrogen and oxygen atoms in total. The highest BCUT2D eigenvalue weighted by molar-refractivity contribution is 7.16. The third kappa shape index (κ3) is 4.09. The van der Waals surface area contributed by atoms with Gasteiger partial charge >= 0.3 is 0 Å². The number of carbonyl (C=O) groups excluding carboxylic acids is 1. The van der Waals surface area contributed by atoms with Crippen LogP contribution in [-0.2, 0) is 11.3 Å². The van der Waals surface area contributed by atoms with E-state index in [1.165, 1.54) is 4.88 Å². The average Bonchev–Trinajstić information content (AvgIpc) is 2.62. The van der Waals surface area contributed by atoms with Gasteiger partial charge in [-0.05, 0) is 19.2 Å². The van der Waals surface area contributed by atoms with Gasteiger partial charge in [0.25, 0.3) is 0 Å². The van der Waals surface area contributed by atoms with Crippen LogP contribution in [0.1, 0.15) is 11.8 Å².